The number of hydrogen-bond donors (Lipinski definition) is 1. The number of benzene rings is 1. The lowest BCUT2D eigenvalue weighted by Gasteiger charge is -2.49. The van der Waals surface area contributed by atoms with Crippen LogP contribution < -0.4 is 4.74 Å². The van der Waals surface area contributed by atoms with Gasteiger partial charge in [0.05, 0.1) is 0 Å². The summed E-state index contributed by atoms with van der Waals surface area (Å²) >= 11 is 0. The molecule has 2 heteroatoms. The average Bonchev–Trinajstić information content (AvgIpc) is 2.46. The summed E-state index contributed by atoms with van der Waals surface area (Å²) < 4.78 is 6.39. The van der Waals surface area contributed by atoms with Crippen LogP contribution >= 0.6 is 0 Å². The molecule has 2 aliphatic rings. The van der Waals surface area contributed by atoms with E-state index in [1.807, 2.05) is 6.07 Å². The van der Waals surface area contributed by atoms with Crippen molar-refractivity contribution in [3.05, 3.63) is 23.3 Å². The van der Waals surface area contributed by atoms with Crippen LogP contribution in [0.3, 0.4) is 0 Å². The second kappa shape index (κ2) is 6.37. The summed E-state index contributed by atoms with van der Waals surface area (Å²) in [5.41, 5.74) is 2.26. The number of aryl methyl sites for hydroxylation is 1. The number of unbranched alkanes of at least 4 members (excludes halogenated alkanes) is 2. The molecule has 0 amide bonds. The third-order valence-electron chi connectivity index (χ3n) is 6.01. The highest BCUT2D eigenvalue weighted by Gasteiger charge is 2.46. The van der Waals surface area contributed by atoms with E-state index in [9.17, 15) is 5.11 Å². The molecule has 1 aromatic carbocycles. The fourth-order valence-electron chi connectivity index (χ4n) is 4.71. The summed E-state index contributed by atoms with van der Waals surface area (Å²) in [5, 5.41) is 10.7. The standard InChI is InChI=1S/C21H32O2/c1-5-6-7-8-15-11-18(22)20-17-13-21(4,23-19(20)12-15)10-9-16(17)14(2)3/h11-12,14,16-17,22H,5-10,13H2,1-4H3. The lowest BCUT2D eigenvalue weighted by atomic mass is 9.64. The molecular formula is C21H32O2. The number of ether oxygens (including phenoxy) is 1. The molecule has 23 heavy (non-hydrogen) atoms. The van der Waals surface area contributed by atoms with E-state index in [4.69, 9.17) is 4.74 Å². The van der Waals surface area contributed by atoms with Crippen LogP contribution in [0.25, 0.3) is 0 Å². The van der Waals surface area contributed by atoms with Gasteiger partial charge >= 0.3 is 0 Å². The van der Waals surface area contributed by atoms with Gasteiger partial charge < -0.3 is 9.84 Å². The van der Waals surface area contributed by atoms with Gasteiger partial charge in [-0.25, -0.2) is 0 Å². The molecule has 2 bridgehead atoms. The normalized spacial score (nSPS) is 29.3. The molecule has 0 radical (unpaired) electrons. The monoisotopic (exact) mass is 316 g/mol. The SMILES string of the molecule is CCCCCc1cc(O)c2c(c1)OC1(C)CCC(C(C)C)C2C1. The Balaban J connectivity index is 1.94. The third-order valence-corrected chi connectivity index (χ3v) is 6.01. The number of fused-ring (bicyclic) bond motifs is 4. The molecule has 2 nitrogen and oxygen atoms in total. The zero-order valence-electron chi connectivity index (χ0n) is 15.2. The van der Waals surface area contributed by atoms with Gasteiger partial charge in [-0.3, -0.25) is 0 Å². The predicted octanol–water partition coefficient (Wildman–Crippen LogP) is 5.82. The van der Waals surface area contributed by atoms with Crippen molar-refractivity contribution in [1.29, 1.82) is 0 Å². The van der Waals surface area contributed by atoms with Crippen molar-refractivity contribution >= 4 is 0 Å². The van der Waals surface area contributed by atoms with Crippen molar-refractivity contribution in [1.82, 2.24) is 0 Å². The molecule has 0 saturated heterocycles. The molecule has 1 saturated carbocycles. The highest BCUT2D eigenvalue weighted by Crippen LogP contribution is 2.55. The molecular weight excluding hydrogens is 284 g/mol. The van der Waals surface area contributed by atoms with Gasteiger partial charge in [-0.15, -0.1) is 0 Å². The van der Waals surface area contributed by atoms with Crippen molar-refractivity contribution in [2.24, 2.45) is 11.8 Å². The Labute approximate surface area is 141 Å². The molecule has 3 rings (SSSR count). The molecule has 0 spiro atoms. The lowest BCUT2D eigenvalue weighted by Crippen LogP contribution is -2.45. The van der Waals surface area contributed by atoms with Crippen LogP contribution in [0, 0.1) is 11.8 Å². The van der Waals surface area contributed by atoms with Crippen LogP contribution in [-0.4, -0.2) is 10.7 Å². The van der Waals surface area contributed by atoms with E-state index in [1.54, 1.807) is 0 Å². The van der Waals surface area contributed by atoms with Crippen molar-refractivity contribution in [3.63, 3.8) is 0 Å². The van der Waals surface area contributed by atoms with E-state index in [0.29, 0.717) is 23.5 Å². The number of aromatic hydroxyl groups is 1. The summed E-state index contributed by atoms with van der Waals surface area (Å²) in [6, 6.07) is 4.20. The molecule has 128 valence electrons. The number of hydrogen-bond acceptors (Lipinski definition) is 2. The Morgan fingerprint density at radius 2 is 2.09 bits per heavy atom. The zero-order chi connectivity index (χ0) is 16.6. The second-order valence-electron chi connectivity index (χ2n) is 8.29. The van der Waals surface area contributed by atoms with Gasteiger partial charge in [-0.1, -0.05) is 33.6 Å². The fourth-order valence-corrected chi connectivity index (χ4v) is 4.71. The number of phenols is 1. The van der Waals surface area contributed by atoms with E-state index in [0.717, 1.165) is 30.6 Å². The number of rotatable bonds is 5. The van der Waals surface area contributed by atoms with E-state index in [2.05, 4.69) is 33.8 Å². The van der Waals surface area contributed by atoms with E-state index < -0.39 is 0 Å². The smallest absolute Gasteiger partial charge is 0.127 e. The van der Waals surface area contributed by atoms with E-state index in [1.165, 1.54) is 31.2 Å². The van der Waals surface area contributed by atoms with Crippen molar-refractivity contribution in [3.8, 4) is 11.5 Å². The number of phenolic OH excluding ortho intramolecular Hbond substituents is 1. The fraction of sp³-hybridized carbons (Fsp3) is 0.714. The molecule has 1 aromatic rings. The highest BCUT2D eigenvalue weighted by molar-refractivity contribution is 5.52. The van der Waals surface area contributed by atoms with Gasteiger partial charge in [-0.2, -0.15) is 0 Å². The van der Waals surface area contributed by atoms with Crippen LogP contribution in [-0.2, 0) is 6.42 Å². The minimum atomic E-state index is -0.0441. The Bertz CT molecular complexity index is 563. The molecule has 3 atom stereocenters. The molecule has 1 aliphatic carbocycles. The highest BCUT2D eigenvalue weighted by atomic mass is 16.5. The largest absolute Gasteiger partial charge is 0.508 e. The third kappa shape index (κ3) is 3.22. The zero-order valence-corrected chi connectivity index (χ0v) is 15.2. The molecule has 1 heterocycles. The summed E-state index contributed by atoms with van der Waals surface area (Å²) in [4.78, 5) is 0. The molecule has 1 N–H and O–H groups in total. The minimum Gasteiger partial charge on any atom is -0.508 e. The van der Waals surface area contributed by atoms with Crippen molar-refractivity contribution < 1.29 is 9.84 Å². The summed E-state index contributed by atoms with van der Waals surface area (Å²) in [6.45, 7) is 9.11. The van der Waals surface area contributed by atoms with Gasteiger partial charge in [0.15, 0.2) is 0 Å². The molecule has 0 aromatic heterocycles. The van der Waals surface area contributed by atoms with Crippen LogP contribution in [0.5, 0.6) is 11.5 Å². The summed E-state index contributed by atoms with van der Waals surface area (Å²) in [7, 11) is 0. The first-order valence-electron chi connectivity index (χ1n) is 9.48. The first-order chi connectivity index (χ1) is 10.9. The maximum absolute atomic E-state index is 10.7. The maximum atomic E-state index is 10.7. The van der Waals surface area contributed by atoms with Crippen molar-refractivity contribution in [2.75, 3.05) is 0 Å². The molecule has 1 aliphatic heterocycles. The first-order valence-corrected chi connectivity index (χ1v) is 9.48. The second-order valence-corrected chi connectivity index (χ2v) is 8.29. The maximum Gasteiger partial charge on any atom is 0.127 e. The summed E-state index contributed by atoms with van der Waals surface area (Å²) in [5.74, 6) is 3.18. The Morgan fingerprint density at radius 3 is 2.78 bits per heavy atom. The Morgan fingerprint density at radius 1 is 1.30 bits per heavy atom. The van der Waals surface area contributed by atoms with Crippen LogP contribution in [0.2, 0.25) is 0 Å². The predicted molar refractivity (Wildman–Crippen MR) is 95.3 cm³/mol. The topological polar surface area (TPSA) is 29.5 Å². The van der Waals surface area contributed by atoms with Crippen molar-refractivity contribution in [2.45, 2.75) is 84.2 Å². The van der Waals surface area contributed by atoms with Gasteiger partial charge in [0, 0.05) is 5.56 Å². The van der Waals surface area contributed by atoms with Gasteiger partial charge in [0.1, 0.15) is 17.1 Å². The summed E-state index contributed by atoms with van der Waals surface area (Å²) in [6.07, 6.45) is 8.07. The van der Waals surface area contributed by atoms with E-state index in [-0.39, 0.29) is 5.60 Å². The van der Waals surface area contributed by atoms with Gasteiger partial charge in [0.25, 0.3) is 0 Å². The van der Waals surface area contributed by atoms with Crippen LogP contribution in [0.1, 0.15) is 83.3 Å². The first kappa shape index (κ1) is 16.7. The molecule has 1 fully saturated rings. The van der Waals surface area contributed by atoms with Gasteiger partial charge in [0.2, 0.25) is 0 Å². The average molecular weight is 316 g/mol. The molecule has 3 unspecified atom stereocenters. The lowest BCUT2D eigenvalue weighted by molar-refractivity contribution is -0.00866. The Hall–Kier alpha value is -1.18. The quantitative estimate of drug-likeness (QED) is 0.694. The van der Waals surface area contributed by atoms with Crippen LogP contribution in [0.15, 0.2) is 12.1 Å². The van der Waals surface area contributed by atoms with Gasteiger partial charge in [-0.05, 0) is 74.5 Å². The van der Waals surface area contributed by atoms with E-state index >= 15 is 0 Å². The minimum absolute atomic E-state index is 0.0441. The van der Waals surface area contributed by atoms with Crippen LogP contribution in [0.4, 0.5) is 0 Å². The Kier molecular flexibility index (Phi) is 4.62.